The molecule has 2 aromatic rings. The second-order valence-electron chi connectivity index (χ2n) is 9.63. The first-order chi connectivity index (χ1) is 15.9. The normalized spacial score (nSPS) is 21.3. The van der Waals surface area contributed by atoms with E-state index in [9.17, 15) is 9.59 Å². The monoisotopic (exact) mass is 452 g/mol. The highest BCUT2D eigenvalue weighted by molar-refractivity contribution is 6.05. The zero-order valence-corrected chi connectivity index (χ0v) is 19.6. The van der Waals surface area contributed by atoms with Crippen molar-refractivity contribution in [2.75, 3.05) is 29.6 Å². The number of hydrogen-bond donors (Lipinski definition) is 0. The van der Waals surface area contributed by atoms with E-state index in [1.807, 2.05) is 54.7 Å². The Hall–Kier alpha value is -2.87. The summed E-state index contributed by atoms with van der Waals surface area (Å²) in [7, 11) is 0. The lowest BCUT2D eigenvalue weighted by molar-refractivity contribution is -0.120. The highest BCUT2D eigenvalue weighted by Gasteiger charge is 2.41. The van der Waals surface area contributed by atoms with Gasteiger partial charge in [-0.2, -0.15) is 5.10 Å². The second-order valence-corrected chi connectivity index (χ2v) is 9.63. The maximum absolute atomic E-state index is 13.1. The Morgan fingerprint density at radius 2 is 1.85 bits per heavy atom. The molecule has 1 saturated heterocycles. The van der Waals surface area contributed by atoms with Gasteiger partial charge in [-0.3, -0.25) is 14.4 Å². The van der Waals surface area contributed by atoms with E-state index in [2.05, 4.69) is 11.3 Å². The van der Waals surface area contributed by atoms with Gasteiger partial charge in [0.2, 0.25) is 5.91 Å². The van der Waals surface area contributed by atoms with Crippen molar-refractivity contribution in [3.8, 4) is 11.1 Å². The maximum Gasteiger partial charge on any atom is 0.414 e. The topological polar surface area (TPSA) is 76.9 Å². The van der Waals surface area contributed by atoms with E-state index in [0.717, 1.165) is 55.7 Å². The molecule has 33 heavy (non-hydrogen) atoms. The van der Waals surface area contributed by atoms with Crippen molar-refractivity contribution in [1.82, 2.24) is 9.78 Å². The largest absolute Gasteiger partial charge is 0.446 e. The number of carbonyl (C=O) groups excluding carboxylic acids is 2. The molecule has 0 bridgehead atoms. The number of nitrogens with zero attached hydrogens (tertiary/aromatic N) is 4. The van der Waals surface area contributed by atoms with E-state index in [0.29, 0.717) is 18.3 Å². The number of amides is 2. The molecular formula is C25H32N4O4. The summed E-state index contributed by atoms with van der Waals surface area (Å²) in [5, 5.41) is 4.60. The molecule has 0 N–H and O–H groups in total. The fraction of sp³-hybridized carbons (Fsp3) is 0.560. The third-order valence-electron chi connectivity index (χ3n) is 6.63. The lowest BCUT2D eigenvalue weighted by Gasteiger charge is -2.41. The summed E-state index contributed by atoms with van der Waals surface area (Å²) in [4.78, 5) is 29.6. The Labute approximate surface area is 194 Å². The molecule has 1 atom stereocenters. The van der Waals surface area contributed by atoms with Gasteiger partial charge in [0, 0.05) is 37.4 Å². The van der Waals surface area contributed by atoms with Gasteiger partial charge in [-0.25, -0.2) is 4.79 Å². The standard InChI is InChI=1S/C25H32N4O4/c1-16(2)33-25(31)27-14-17(3)29(24(30)18-4-5-18)22-7-6-19(12-23(22)27)20-13-26-28(15-20)21-8-10-32-11-9-21/h6-7,12-13,15-18,21H,4-5,8-11,14H2,1-3H3/t17-/m0/s1. The van der Waals surface area contributed by atoms with Gasteiger partial charge in [0.25, 0.3) is 0 Å². The van der Waals surface area contributed by atoms with E-state index in [4.69, 9.17) is 9.47 Å². The zero-order valence-electron chi connectivity index (χ0n) is 19.6. The first kappa shape index (κ1) is 21.9. The molecule has 176 valence electrons. The Balaban J connectivity index is 1.50. The molecule has 0 spiro atoms. The smallest absolute Gasteiger partial charge is 0.414 e. The van der Waals surface area contributed by atoms with Crippen LogP contribution < -0.4 is 9.80 Å². The highest BCUT2D eigenvalue weighted by atomic mass is 16.6. The summed E-state index contributed by atoms with van der Waals surface area (Å²) in [6.07, 6.45) is 7.13. The molecule has 2 aliphatic heterocycles. The summed E-state index contributed by atoms with van der Waals surface area (Å²) >= 11 is 0. The van der Waals surface area contributed by atoms with Crippen molar-refractivity contribution in [2.45, 2.75) is 64.6 Å². The van der Waals surface area contributed by atoms with E-state index in [1.165, 1.54) is 0 Å². The van der Waals surface area contributed by atoms with Crippen molar-refractivity contribution < 1.29 is 19.1 Å². The average Bonchev–Trinajstić information content (AvgIpc) is 3.54. The van der Waals surface area contributed by atoms with Crippen LogP contribution in [0, 0.1) is 5.92 Å². The molecule has 1 aliphatic carbocycles. The van der Waals surface area contributed by atoms with Crippen molar-refractivity contribution >= 4 is 23.4 Å². The van der Waals surface area contributed by atoms with Gasteiger partial charge in [-0.15, -0.1) is 0 Å². The molecule has 3 aliphatic rings. The van der Waals surface area contributed by atoms with E-state index in [1.54, 1.807) is 4.90 Å². The summed E-state index contributed by atoms with van der Waals surface area (Å²) in [6, 6.07) is 6.19. The van der Waals surface area contributed by atoms with Gasteiger partial charge in [0.15, 0.2) is 0 Å². The number of benzene rings is 1. The average molecular weight is 453 g/mol. The number of aromatic nitrogens is 2. The van der Waals surface area contributed by atoms with Gasteiger partial charge in [0.1, 0.15) is 0 Å². The number of fused-ring (bicyclic) bond motifs is 1. The number of ether oxygens (including phenoxy) is 2. The van der Waals surface area contributed by atoms with Crippen molar-refractivity contribution in [1.29, 1.82) is 0 Å². The number of hydrogen-bond acceptors (Lipinski definition) is 5. The van der Waals surface area contributed by atoms with Gasteiger partial charge in [-0.1, -0.05) is 6.07 Å². The van der Waals surface area contributed by atoms with Crippen LogP contribution in [0.3, 0.4) is 0 Å². The lowest BCUT2D eigenvalue weighted by Crippen LogP contribution is -2.52. The summed E-state index contributed by atoms with van der Waals surface area (Å²) in [5.74, 6) is 0.257. The third-order valence-corrected chi connectivity index (χ3v) is 6.63. The Kier molecular flexibility index (Phi) is 5.86. The van der Waals surface area contributed by atoms with Crippen LogP contribution in [0.25, 0.3) is 11.1 Å². The van der Waals surface area contributed by atoms with E-state index in [-0.39, 0.29) is 30.1 Å². The van der Waals surface area contributed by atoms with Crippen molar-refractivity contribution in [3.05, 3.63) is 30.6 Å². The van der Waals surface area contributed by atoms with Crippen LogP contribution in [0.2, 0.25) is 0 Å². The third kappa shape index (κ3) is 4.36. The fourth-order valence-corrected chi connectivity index (χ4v) is 4.74. The molecular weight excluding hydrogens is 420 g/mol. The van der Waals surface area contributed by atoms with Crippen LogP contribution in [-0.4, -0.2) is 53.7 Å². The summed E-state index contributed by atoms with van der Waals surface area (Å²) < 4.78 is 13.0. The van der Waals surface area contributed by atoms with Gasteiger partial charge < -0.3 is 14.4 Å². The van der Waals surface area contributed by atoms with Crippen molar-refractivity contribution in [2.24, 2.45) is 5.92 Å². The van der Waals surface area contributed by atoms with Crippen LogP contribution in [0.15, 0.2) is 30.6 Å². The first-order valence-corrected chi connectivity index (χ1v) is 12.0. The molecule has 3 heterocycles. The molecule has 2 fully saturated rings. The number of rotatable bonds is 4. The minimum Gasteiger partial charge on any atom is -0.446 e. The molecule has 5 rings (SSSR count). The SMILES string of the molecule is CC(C)OC(=O)N1C[C@H](C)N(C(=O)C2CC2)c2ccc(-c3cnn(C4CCOCC4)c3)cc21. The molecule has 2 amide bonds. The van der Waals surface area contributed by atoms with Crippen LogP contribution in [0.1, 0.15) is 52.5 Å². The predicted molar refractivity (Wildman–Crippen MR) is 125 cm³/mol. The number of anilines is 2. The van der Waals surface area contributed by atoms with Crippen LogP contribution in [-0.2, 0) is 14.3 Å². The van der Waals surface area contributed by atoms with E-state index >= 15 is 0 Å². The maximum atomic E-state index is 13.1. The molecule has 0 unspecified atom stereocenters. The molecule has 1 aromatic heterocycles. The quantitative estimate of drug-likeness (QED) is 0.687. The Bertz CT molecular complexity index is 1040. The molecule has 0 radical (unpaired) electrons. The second kappa shape index (κ2) is 8.82. The minimum atomic E-state index is -0.383. The highest BCUT2D eigenvalue weighted by Crippen LogP contribution is 2.42. The summed E-state index contributed by atoms with van der Waals surface area (Å²) in [5.41, 5.74) is 3.43. The fourth-order valence-electron chi connectivity index (χ4n) is 4.74. The molecule has 1 aromatic carbocycles. The van der Waals surface area contributed by atoms with Gasteiger partial charge >= 0.3 is 6.09 Å². The summed E-state index contributed by atoms with van der Waals surface area (Å²) in [6.45, 7) is 7.60. The minimum absolute atomic E-state index is 0.104. The van der Waals surface area contributed by atoms with Crippen LogP contribution >= 0.6 is 0 Å². The molecule has 8 heteroatoms. The van der Waals surface area contributed by atoms with Gasteiger partial charge in [0.05, 0.1) is 35.8 Å². The Morgan fingerprint density at radius 1 is 1.09 bits per heavy atom. The molecule has 8 nitrogen and oxygen atoms in total. The molecule has 1 saturated carbocycles. The van der Waals surface area contributed by atoms with E-state index < -0.39 is 0 Å². The predicted octanol–water partition coefficient (Wildman–Crippen LogP) is 4.40. The van der Waals surface area contributed by atoms with Crippen molar-refractivity contribution in [3.63, 3.8) is 0 Å². The Morgan fingerprint density at radius 3 is 2.55 bits per heavy atom. The lowest BCUT2D eigenvalue weighted by atomic mass is 10.0. The zero-order chi connectivity index (χ0) is 23.1. The van der Waals surface area contributed by atoms with Crippen LogP contribution in [0.5, 0.6) is 0 Å². The van der Waals surface area contributed by atoms with Crippen LogP contribution in [0.4, 0.5) is 16.2 Å². The number of carbonyl (C=O) groups is 2. The first-order valence-electron chi connectivity index (χ1n) is 12.0. The van der Waals surface area contributed by atoms with Gasteiger partial charge in [-0.05, 0) is 64.2 Å².